The largest absolute Gasteiger partial charge is 0.0850 e. The second kappa shape index (κ2) is 2.59. The van der Waals surface area contributed by atoms with Crippen LogP contribution in [0.25, 0.3) is 0 Å². The van der Waals surface area contributed by atoms with E-state index in [1.54, 1.807) is 19.3 Å². The normalized spacial score (nSPS) is 64.5. The number of hydrogen-bond acceptors (Lipinski definition) is 0. The van der Waals surface area contributed by atoms with Crippen LogP contribution in [0.5, 0.6) is 0 Å². The van der Waals surface area contributed by atoms with Gasteiger partial charge in [0, 0.05) is 4.32 Å². The molecule has 14 heavy (non-hydrogen) atoms. The quantitative estimate of drug-likeness (QED) is 0.574. The Labute approximate surface area is 95.0 Å². The van der Waals surface area contributed by atoms with E-state index in [2.05, 4.69) is 15.9 Å². The minimum atomic E-state index is 0.612. The Balaban J connectivity index is 1.80. The van der Waals surface area contributed by atoms with Crippen LogP contribution in [-0.4, -0.2) is 4.32 Å². The second-order valence-electron chi connectivity index (χ2n) is 6.41. The van der Waals surface area contributed by atoms with Gasteiger partial charge in [0.1, 0.15) is 0 Å². The second-order valence-corrected chi connectivity index (χ2v) is 7.98. The summed E-state index contributed by atoms with van der Waals surface area (Å²) >= 11 is 4.15. The lowest BCUT2D eigenvalue weighted by Gasteiger charge is -2.64. The zero-order valence-electron chi connectivity index (χ0n) is 8.71. The molecule has 78 valence electrons. The molecule has 0 heterocycles. The maximum Gasteiger partial charge on any atom is 0.0294 e. The lowest BCUT2D eigenvalue weighted by molar-refractivity contribution is -0.0915. The summed E-state index contributed by atoms with van der Waals surface area (Å²) in [7, 11) is 0. The number of hydrogen-bond donors (Lipinski definition) is 0. The Morgan fingerprint density at radius 1 is 1.00 bits per heavy atom. The van der Waals surface area contributed by atoms with E-state index in [4.69, 9.17) is 0 Å². The smallest absolute Gasteiger partial charge is 0.0294 e. The van der Waals surface area contributed by atoms with Gasteiger partial charge in [0.15, 0.2) is 0 Å². The fourth-order valence-corrected chi connectivity index (χ4v) is 7.10. The molecule has 5 fully saturated rings. The molecule has 0 spiro atoms. The molecule has 5 aliphatic carbocycles. The first kappa shape index (κ1) is 8.61. The molecule has 0 aromatic rings. The summed E-state index contributed by atoms with van der Waals surface area (Å²) in [5.74, 6) is 5.56. The summed E-state index contributed by atoms with van der Waals surface area (Å²) < 4.78 is 0.612. The highest BCUT2D eigenvalue weighted by Crippen LogP contribution is 2.67. The average molecular weight is 255 g/mol. The third-order valence-corrected chi connectivity index (χ3v) is 7.10. The SMILES string of the molecule is BrC12CC3CC(C1)C1CCCC2C1C3. The summed E-state index contributed by atoms with van der Waals surface area (Å²) in [4.78, 5) is 0. The molecule has 0 amide bonds. The molecule has 0 nitrogen and oxygen atoms in total. The molecular weight excluding hydrogens is 236 g/mol. The van der Waals surface area contributed by atoms with Crippen LogP contribution in [0.1, 0.15) is 44.9 Å². The van der Waals surface area contributed by atoms with E-state index in [-0.39, 0.29) is 0 Å². The summed E-state index contributed by atoms with van der Waals surface area (Å²) in [6, 6.07) is 0. The third-order valence-electron chi connectivity index (χ3n) is 5.86. The molecule has 6 atom stereocenters. The molecule has 1 heteroatoms. The first-order chi connectivity index (χ1) is 6.76. The fourth-order valence-electron chi connectivity index (χ4n) is 5.65. The van der Waals surface area contributed by atoms with Crippen molar-refractivity contribution in [3.63, 3.8) is 0 Å². The summed E-state index contributed by atoms with van der Waals surface area (Å²) in [6.07, 6.45) is 10.8. The van der Waals surface area contributed by atoms with Crippen LogP contribution >= 0.6 is 15.9 Å². The van der Waals surface area contributed by atoms with E-state index in [1.165, 1.54) is 25.7 Å². The Morgan fingerprint density at radius 2 is 1.93 bits per heavy atom. The van der Waals surface area contributed by atoms with Gasteiger partial charge in [0.25, 0.3) is 0 Å². The van der Waals surface area contributed by atoms with Crippen LogP contribution in [0.2, 0.25) is 0 Å². The van der Waals surface area contributed by atoms with Gasteiger partial charge in [0.2, 0.25) is 0 Å². The average Bonchev–Trinajstić information content (AvgIpc) is 2.14. The van der Waals surface area contributed by atoms with E-state index in [1.807, 2.05) is 0 Å². The molecule has 0 N–H and O–H groups in total. The zero-order chi connectivity index (χ0) is 9.34. The standard InChI is InChI=1S/C13H19Br/c14-13-6-8-4-9(7-13)10-2-1-3-12(13)11(10)5-8/h8-12H,1-7H2. The molecule has 6 bridgehead atoms. The summed E-state index contributed by atoms with van der Waals surface area (Å²) in [5.41, 5.74) is 0. The van der Waals surface area contributed by atoms with Gasteiger partial charge in [-0.05, 0) is 68.1 Å². The lowest BCUT2D eigenvalue weighted by atomic mass is 9.44. The van der Waals surface area contributed by atoms with Crippen LogP contribution in [0.4, 0.5) is 0 Å². The van der Waals surface area contributed by atoms with Crippen molar-refractivity contribution in [1.29, 1.82) is 0 Å². The highest BCUT2D eigenvalue weighted by atomic mass is 79.9. The van der Waals surface area contributed by atoms with Gasteiger partial charge in [-0.15, -0.1) is 0 Å². The third kappa shape index (κ3) is 0.911. The Bertz CT molecular complexity index is 274. The van der Waals surface area contributed by atoms with E-state index in [9.17, 15) is 0 Å². The predicted molar refractivity (Wildman–Crippen MR) is 61.4 cm³/mol. The molecule has 0 aliphatic heterocycles. The van der Waals surface area contributed by atoms with Crippen molar-refractivity contribution in [3.05, 3.63) is 0 Å². The highest BCUT2D eigenvalue weighted by molar-refractivity contribution is 9.10. The van der Waals surface area contributed by atoms with Crippen LogP contribution in [0, 0.1) is 29.6 Å². The van der Waals surface area contributed by atoms with Gasteiger partial charge in [-0.2, -0.15) is 0 Å². The van der Waals surface area contributed by atoms with Crippen molar-refractivity contribution in [3.8, 4) is 0 Å². The maximum absolute atomic E-state index is 4.15. The van der Waals surface area contributed by atoms with Crippen molar-refractivity contribution >= 4 is 15.9 Å². The number of halogens is 1. The van der Waals surface area contributed by atoms with E-state index >= 15 is 0 Å². The van der Waals surface area contributed by atoms with Gasteiger partial charge < -0.3 is 0 Å². The Hall–Kier alpha value is 0.480. The van der Waals surface area contributed by atoms with Crippen LogP contribution < -0.4 is 0 Å². The predicted octanol–water partition coefficient (Wildman–Crippen LogP) is 3.99. The zero-order valence-corrected chi connectivity index (χ0v) is 10.3. The molecular formula is C13H19Br. The molecule has 0 saturated heterocycles. The van der Waals surface area contributed by atoms with Crippen LogP contribution in [0.15, 0.2) is 0 Å². The van der Waals surface area contributed by atoms with E-state index < -0.39 is 0 Å². The number of rotatable bonds is 0. The summed E-state index contributed by atoms with van der Waals surface area (Å²) in [6.45, 7) is 0. The lowest BCUT2D eigenvalue weighted by Crippen LogP contribution is -2.59. The molecule has 6 unspecified atom stereocenters. The van der Waals surface area contributed by atoms with E-state index in [0.717, 1.165) is 29.6 Å². The molecule has 5 rings (SSSR count). The van der Waals surface area contributed by atoms with Crippen molar-refractivity contribution in [2.75, 3.05) is 0 Å². The summed E-state index contributed by atoms with van der Waals surface area (Å²) in [5, 5.41) is 0. The van der Waals surface area contributed by atoms with Crippen molar-refractivity contribution in [1.82, 2.24) is 0 Å². The molecule has 5 saturated carbocycles. The van der Waals surface area contributed by atoms with E-state index in [0.29, 0.717) is 4.32 Å². The first-order valence-corrected chi connectivity index (χ1v) is 7.24. The Kier molecular flexibility index (Phi) is 1.59. The first-order valence-electron chi connectivity index (χ1n) is 6.45. The number of alkyl halides is 1. The highest BCUT2D eigenvalue weighted by Gasteiger charge is 2.60. The van der Waals surface area contributed by atoms with Crippen molar-refractivity contribution in [2.24, 2.45) is 29.6 Å². The molecule has 0 radical (unpaired) electrons. The minimum absolute atomic E-state index is 0.612. The van der Waals surface area contributed by atoms with Gasteiger partial charge in [-0.1, -0.05) is 22.4 Å². The topological polar surface area (TPSA) is 0 Å². The minimum Gasteiger partial charge on any atom is -0.0850 e. The Morgan fingerprint density at radius 3 is 2.86 bits per heavy atom. The van der Waals surface area contributed by atoms with Gasteiger partial charge in [0.05, 0.1) is 0 Å². The van der Waals surface area contributed by atoms with Gasteiger partial charge in [-0.3, -0.25) is 0 Å². The van der Waals surface area contributed by atoms with Crippen molar-refractivity contribution in [2.45, 2.75) is 49.3 Å². The monoisotopic (exact) mass is 254 g/mol. The molecule has 0 aromatic carbocycles. The van der Waals surface area contributed by atoms with Crippen LogP contribution in [-0.2, 0) is 0 Å². The van der Waals surface area contributed by atoms with Crippen LogP contribution in [0.3, 0.4) is 0 Å². The fraction of sp³-hybridized carbons (Fsp3) is 1.00. The van der Waals surface area contributed by atoms with Gasteiger partial charge >= 0.3 is 0 Å². The molecule has 0 aromatic heterocycles. The van der Waals surface area contributed by atoms with Gasteiger partial charge in [-0.25, -0.2) is 0 Å². The maximum atomic E-state index is 4.15. The molecule has 5 aliphatic rings. The van der Waals surface area contributed by atoms with Crippen molar-refractivity contribution < 1.29 is 0 Å².